The van der Waals surface area contributed by atoms with Gasteiger partial charge in [0.15, 0.2) is 0 Å². The summed E-state index contributed by atoms with van der Waals surface area (Å²) in [7, 11) is 0. The third-order valence-electron chi connectivity index (χ3n) is 4.01. The van der Waals surface area contributed by atoms with Crippen LogP contribution >= 0.6 is 0 Å². The first-order chi connectivity index (χ1) is 9.85. The van der Waals surface area contributed by atoms with E-state index in [0.717, 1.165) is 18.7 Å². The highest BCUT2D eigenvalue weighted by atomic mass is 16.6. The van der Waals surface area contributed by atoms with Crippen LogP contribution in [-0.2, 0) is 0 Å². The van der Waals surface area contributed by atoms with E-state index in [1.807, 2.05) is 31.7 Å². The molecular formula is C15H20N4O2. The molecule has 1 aromatic rings. The van der Waals surface area contributed by atoms with Crippen LogP contribution in [0.3, 0.4) is 0 Å². The van der Waals surface area contributed by atoms with Gasteiger partial charge in [-0.3, -0.25) is 15.0 Å². The van der Waals surface area contributed by atoms with Crippen molar-refractivity contribution in [3.63, 3.8) is 0 Å². The minimum atomic E-state index is -0.495. The lowest BCUT2D eigenvalue weighted by Gasteiger charge is -2.41. The molecule has 112 valence electrons. The van der Waals surface area contributed by atoms with Crippen molar-refractivity contribution in [2.75, 3.05) is 31.1 Å². The molecule has 1 aliphatic heterocycles. The fourth-order valence-corrected chi connectivity index (χ4v) is 2.62. The van der Waals surface area contributed by atoms with Crippen LogP contribution in [0.25, 0.3) is 0 Å². The molecule has 0 aliphatic carbocycles. The van der Waals surface area contributed by atoms with Crippen LogP contribution in [0.4, 0.5) is 11.4 Å². The largest absolute Gasteiger partial charge is 0.363 e. The lowest BCUT2D eigenvalue weighted by molar-refractivity contribution is -0.384. The summed E-state index contributed by atoms with van der Waals surface area (Å²) in [5.74, 6) is 0. The van der Waals surface area contributed by atoms with Gasteiger partial charge in [0.2, 0.25) is 0 Å². The molecule has 0 spiro atoms. The first-order valence-electron chi connectivity index (χ1n) is 7.01. The van der Waals surface area contributed by atoms with Crippen molar-refractivity contribution in [3.8, 4) is 6.07 Å². The maximum atomic E-state index is 11.2. The first kappa shape index (κ1) is 15.3. The smallest absolute Gasteiger partial charge is 0.292 e. The zero-order valence-electron chi connectivity index (χ0n) is 12.7. The first-order valence-corrected chi connectivity index (χ1v) is 7.01. The molecule has 21 heavy (non-hydrogen) atoms. The molecule has 6 heteroatoms. The minimum Gasteiger partial charge on any atom is -0.363 e. The molecule has 0 radical (unpaired) electrons. The number of anilines is 1. The Balaban J connectivity index is 2.18. The van der Waals surface area contributed by atoms with Gasteiger partial charge in [0.05, 0.1) is 11.0 Å². The Bertz CT molecular complexity index is 584. The quantitative estimate of drug-likeness (QED) is 0.630. The number of benzene rings is 1. The zero-order valence-corrected chi connectivity index (χ0v) is 12.7. The van der Waals surface area contributed by atoms with E-state index in [2.05, 4.69) is 11.0 Å². The molecule has 1 fully saturated rings. The van der Waals surface area contributed by atoms with Crippen LogP contribution < -0.4 is 4.90 Å². The third-order valence-corrected chi connectivity index (χ3v) is 4.01. The van der Waals surface area contributed by atoms with E-state index in [1.54, 1.807) is 12.1 Å². The molecule has 0 saturated carbocycles. The third kappa shape index (κ3) is 3.14. The fraction of sp³-hybridized carbons (Fsp3) is 0.533. The van der Waals surface area contributed by atoms with E-state index in [1.165, 1.54) is 0 Å². The predicted octanol–water partition coefficient (Wildman–Crippen LogP) is 2.33. The number of hydrogen-bond acceptors (Lipinski definition) is 5. The van der Waals surface area contributed by atoms with Gasteiger partial charge in [-0.25, -0.2) is 0 Å². The molecule has 0 atom stereocenters. The number of hydrogen-bond donors (Lipinski definition) is 0. The minimum absolute atomic E-state index is 0.147. The Morgan fingerprint density at radius 2 is 1.90 bits per heavy atom. The molecule has 1 aliphatic rings. The van der Waals surface area contributed by atoms with E-state index >= 15 is 0 Å². The highest BCUT2D eigenvalue weighted by molar-refractivity contribution is 5.64. The average Bonchev–Trinajstić information content (AvgIpc) is 2.47. The Morgan fingerprint density at radius 3 is 2.43 bits per heavy atom. The van der Waals surface area contributed by atoms with E-state index in [-0.39, 0.29) is 10.6 Å². The van der Waals surface area contributed by atoms with Crippen molar-refractivity contribution in [3.05, 3.63) is 33.9 Å². The number of rotatable bonds is 3. The number of nitriles is 1. The van der Waals surface area contributed by atoms with Gasteiger partial charge in [-0.2, -0.15) is 5.26 Å². The normalized spacial score (nSPS) is 16.6. The summed E-state index contributed by atoms with van der Waals surface area (Å²) >= 11 is 0. The summed E-state index contributed by atoms with van der Waals surface area (Å²) in [5, 5.41) is 20.4. The van der Waals surface area contributed by atoms with Gasteiger partial charge < -0.3 is 4.90 Å². The molecule has 1 saturated heterocycles. The van der Waals surface area contributed by atoms with E-state index in [4.69, 9.17) is 0 Å². The van der Waals surface area contributed by atoms with Crippen LogP contribution in [0.15, 0.2) is 18.2 Å². The highest BCUT2D eigenvalue weighted by Crippen LogP contribution is 2.30. The van der Waals surface area contributed by atoms with Crippen molar-refractivity contribution in [1.82, 2.24) is 4.90 Å². The lowest BCUT2D eigenvalue weighted by Crippen LogP contribution is -2.54. The second kappa shape index (κ2) is 5.70. The van der Waals surface area contributed by atoms with Crippen molar-refractivity contribution < 1.29 is 4.92 Å². The lowest BCUT2D eigenvalue weighted by atomic mass is 10.0. The maximum Gasteiger partial charge on any atom is 0.292 e. The predicted molar refractivity (Wildman–Crippen MR) is 81.3 cm³/mol. The molecular weight excluding hydrogens is 268 g/mol. The highest BCUT2D eigenvalue weighted by Gasteiger charge is 2.31. The number of nitro benzene ring substituents is 1. The molecule has 0 aromatic heterocycles. The Morgan fingerprint density at radius 1 is 1.29 bits per heavy atom. The number of nitro groups is 1. The number of nitrogens with zero attached hydrogens (tertiary/aromatic N) is 4. The summed E-state index contributed by atoms with van der Waals surface area (Å²) in [5.41, 5.74) is 1.34. The zero-order chi connectivity index (χ0) is 15.6. The molecule has 0 unspecified atom stereocenters. The fourth-order valence-electron chi connectivity index (χ4n) is 2.62. The van der Waals surface area contributed by atoms with Gasteiger partial charge in [0.25, 0.3) is 5.69 Å². The van der Waals surface area contributed by atoms with Crippen LogP contribution in [0.1, 0.15) is 19.4 Å². The van der Waals surface area contributed by atoms with Crippen LogP contribution in [0.5, 0.6) is 0 Å². The average molecular weight is 288 g/mol. The van der Waals surface area contributed by atoms with E-state index < -0.39 is 5.54 Å². The number of aryl methyl sites for hydroxylation is 1. The van der Waals surface area contributed by atoms with Gasteiger partial charge in [0, 0.05) is 32.2 Å². The van der Waals surface area contributed by atoms with E-state index in [0.29, 0.717) is 18.8 Å². The molecule has 1 heterocycles. The summed E-state index contributed by atoms with van der Waals surface area (Å²) in [4.78, 5) is 15.0. The van der Waals surface area contributed by atoms with Gasteiger partial charge in [0.1, 0.15) is 11.2 Å². The summed E-state index contributed by atoms with van der Waals surface area (Å²) in [6, 6.07) is 7.49. The molecule has 2 rings (SSSR count). The molecule has 0 bridgehead atoms. The summed E-state index contributed by atoms with van der Waals surface area (Å²) in [6.07, 6.45) is 0. The Labute approximate surface area is 124 Å². The SMILES string of the molecule is Cc1ccc([N+](=O)[O-])c(N2CCN(C(C)(C)C#N)CC2)c1. The van der Waals surface area contributed by atoms with Crippen molar-refractivity contribution in [1.29, 1.82) is 5.26 Å². The van der Waals surface area contributed by atoms with Crippen molar-refractivity contribution in [2.45, 2.75) is 26.3 Å². The Hall–Kier alpha value is -2.13. The second-order valence-corrected chi connectivity index (χ2v) is 5.89. The summed E-state index contributed by atoms with van der Waals surface area (Å²) < 4.78 is 0. The van der Waals surface area contributed by atoms with Gasteiger partial charge in [-0.15, -0.1) is 0 Å². The monoisotopic (exact) mass is 288 g/mol. The van der Waals surface area contributed by atoms with Crippen LogP contribution in [0, 0.1) is 28.4 Å². The molecule has 0 N–H and O–H groups in total. The van der Waals surface area contributed by atoms with Crippen molar-refractivity contribution >= 4 is 11.4 Å². The molecule has 6 nitrogen and oxygen atoms in total. The van der Waals surface area contributed by atoms with Gasteiger partial charge in [-0.05, 0) is 32.4 Å². The number of piperazine rings is 1. The van der Waals surface area contributed by atoms with Crippen LogP contribution in [-0.4, -0.2) is 41.5 Å². The van der Waals surface area contributed by atoms with Crippen molar-refractivity contribution in [2.24, 2.45) is 0 Å². The molecule has 0 amide bonds. The topological polar surface area (TPSA) is 73.4 Å². The van der Waals surface area contributed by atoms with Crippen LogP contribution in [0.2, 0.25) is 0 Å². The summed E-state index contributed by atoms with van der Waals surface area (Å²) in [6.45, 7) is 8.57. The molecule has 1 aromatic carbocycles. The standard InChI is InChI=1S/C15H20N4O2/c1-12-4-5-13(19(20)21)14(10-12)17-6-8-18(9-7-17)15(2,3)11-16/h4-5,10H,6-9H2,1-3H3. The second-order valence-electron chi connectivity index (χ2n) is 5.89. The van der Waals surface area contributed by atoms with E-state index in [9.17, 15) is 15.4 Å². The van der Waals surface area contributed by atoms with Gasteiger partial charge >= 0.3 is 0 Å². The van der Waals surface area contributed by atoms with Gasteiger partial charge in [-0.1, -0.05) is 6.07 Å². The maximum absolute atomic E-state index is 11.2. The Kier molecular flexibility index (Phi) is 4.14.